The minimum absolute atomic E-state index is 0.370. The first-order valence-corrected chi connectivity index (χ1v) is 6.25. The lowest BCUT2D eigenvalue weighted by molar-refractivity contribution is -0.641. The van der Waals surface area contributed by atoms with Gasteiger partial charge in [0, 0.05) is 18.7 Å². The number of nitrogens with one attached hydrogen (secondary N) is 1. The molecule has 2 rings (SSSR count). The van der Waals surface area contributed by atoms with Crippen LogP contribution in [0.1, 0.15) is 11.1 Å². The molecule has 0 radical (unpaired) electrons. The van der Waals surface area contributed by atoms with Crippen LogP contribution in [0.4, 0.5) is 5.95 Å². The Morgan fingerprint density at radius 3 is 2.74 bits per heavy atom. The van der Waals surface area contributed by atoms with Gasteiger partial charge in [-0.15, -0.1) is 0 Å². The van der Waals surface area contributed by atoms with Crippen LogP contribution in [0.5, 0.6) is 0 Å². The Morgan fingerprint density at radius 2 is 2.05 bits per heavy atom. The van der Waals surface area contributed by atoms with Crippen LogP contribution >= 0.6 is 0 Å². The number of hydrogen-bond acceptors (Lipinski definition) is 5. The van der Waals surface area contributed by atoms with E-state index in [1.165, 1.54) is 0 Å². The van der Waals surface area contributed by atoms with Gasteiger partial charge in [-0.1, -0.05) is 0 Å². The van der Waals surface area contributed by atoms with Crippen LogP contribution in [0.25, 0.3) is 11.0 Å². The first-order valence-electron chi connectivity index (χ1n) is 6.25. The van der Waals surface area contributed by atoms with Gasteiger partial charge in [0.25, 0.3) is 11.5 Å². The summed E-state index contributed by atoms with van der Waals surface area (Å²) in [5, 5.41) is 18.9. The molecule has 1 aromatic heterocycles. The topological polar surface area (TPSA) is 68.0 Å². The Bertz CT molecular complexity index is 597. The fourth-order valence-electron chi connectivity index (χ4n) is 2.01. The molecule has 1 heterocycles. The predicted molar refractivity (Wildman–Crippen MR) is 75.0 cm³/mol. The first kappa shape index (κ1) is 13.5. The monoisotopic (exact) mass is 261 g/mol. The molecule has 0 atom stereocenters. The van der Waals surface area contributed by atoms with Crippen molar-refractivity contribution in [3.8, 4) is 0 Å². The number of rotatable bonds is 4. The minimum Gasteiger partial charge on any atom is -0.594 e. The fourth-order valence-corrected chi connectivity index (χ4v) is 2.01. The van der Waals surface area contributed by atoms with E-state index in [1.807, 2.05) is 45.0 Å². The van der Waals surface area contributed by atoms with E-state index < -0.39 is 0 Å². The van der Waals surface area contributed by atoms with E-state index in [4.69, 9.17) is 0 Å². The van der Waals surface area contributed by atoms with Crippen molar-refractivity contribution in [3.63, 3.8) is 0 Å². The van der Waals surface area contributed by atoms with Crippen molar-refractivity contribution in [2.45, 2.75) is 13.8 Å². The molecule has 0 aliphatic rings. The molecule has 102 valence electrons. The number of hydrogen-bond donors (Lipinski definition) is 1. The number of likely N-dealkylation sites (N-methyl/N-ethyl adjacent to an activating group) is 1. The highest BCUT2D eigenvalue weighted by molar-refractivity contribution is 5.76. The standard InChI is InChI=1S/C13H19N5O/c1-9-7-10(2)12-11(8-9)15-13(16-18(12)19)14-5-6-17(3)4/h7-8H,5-6H2,1-4H3,(H,14,15,16). The molecular formula is C13H19N5O. The SMILES string of the molecule is Cc1cc(C)c2c(c1)nc(NCCN(C)C)n[n+]2[O-]. The van der Waals surface area contributed by atoms with Crippen LogP contribution in [0.3, 0.4) is 0 Å². The van der Waals surface area contributed by atoms with Gasteiger partial charge in [0.05, 0.1) is 5.10 Å². The molecule has 0 fully saturated rings. The second kappa shape index (κ2) is 5.36. The van der Waals surface area contributed by atoms with Crippen LogP contribution in [-0.4, -0.2) is 42.2 Å². The molecule has 6 nitrogen and oxygen atoms in total. The Hall–Kier alpha value is -1.95. The van der Waals surface area contributed by atoms with Crippen molar-refractivity contribution in [1.82, 2.24) is 15.0 Å². The molecule has 1 N–H and O–H groups in total. The molecule has 0 aliphatic heterocycles. The lowest BCUT2D eigenvalue weighted by atomic mass is 10.1. The normalized spacial score (nSPS) is 11.2. The first-order chi connectivity index (χ1) is 8.97. The van der Waals surface area contributed by atoms with Crippen molar-refractivity contribution >= 4 is 17.0 Å². The molecule has 1 aromatic carbocycles. The molecule has 0 spiro atoms. The van der Waals surface area contributed by atoms with Gasteiger partial charge in [-0.05, 0) is 50.5 Å². The van der Waals surface area contributed by atoms with E-state index in [1.54, 1.807) is 0 Å². The highest BCUT2D eigenvalue weighted by atomic mass is 16.5. The largest absolute Gasteiger partial charge is 0.594 e. The van der Waals surface area contributed by atoms with Crippen molar-refractivity contribution in [2.75, 3.05) is 32.5 Å². The zero-order valence-corrected chi connectivity index (χ0v) is 11.8. The minimum atomic E-state index is 0.370. The summed E-state index contributed by atoms with van der Waals surface area (Å²) in [7, 11) is 3.98. The molecular weight excluding hydrogens is 242 g/mol. The molecule has 0 saturated heterocycles. The van der Waals surface area contributed by atoms with Crippen LogP contribution in [0.2, 0.25) is 0 Å². The number of aromatic nitrogens is 3. The third kappa shape index (κ3) is 3.08. The second-order valence-corrected chi connectivity index (χ2v) is 4.99. The van der Waals surface area contributed by atoms with E-state index in [0.717, 1.165) is 17.7 Å². The Balaban J connectivity index is 2.33. The average Bonchev–Trinajstić information content (AvgIpc) is 2.26. The summed E-state index contributed by atoms with van der Waals surface area (Å²) in [6.07, 6.45) is 0. The average molecular weight is 261 g/mol. The third-order valence-corrected chi connectivity index (χ3v) is 2.87. The van der Waals surface area contributed by atoms with Crippen LogP contribution in [-0.2, 0) is 0 Å². The maximum absolute atomic E-state index is 11.9. The maximum Gasteiger partial charge on any atom is 0.290 e. The predicted octanol–water partition coefficient (Wildman–Crippen LogP) is 0.854. The van der Waals surface area contributed by atoms with Crippen molar-refractivity contribution in [3.05, 3.63) is 28.5 Å². The molecule has 19 heavy (non-hydrogen) atoms. The van der Waals surface area contributed by atoms with Gasteiger partial charge in [-0.25, -0.2) is 4.98 Å². The summed E-state index contributed by atoms with van der Waals surface area (Å²) in [5.41, 5.74) is 3.19. The number of aryl methyl sites for hydroxylation is 2. The van der Waals surface area contributed by atoms with Crippen molar-refractivity contribution < 1.29 is 4.85 Å². The summed E-state index contributed by atoms with van der Waals surface area (Å²) in [5.74, 6) is 0.370. The Kier molecular flexibility index (Phi) is 3.80. The van der Waals surface area contributed by atoms with Crippen molar-refractivity contribution in [2.24, 2.45) is 0 Å². The van der Waals surface area contributed by atoms with E-state index in [9.17, 15) is 5.21 Å². The molecule has 2 aromatic rings. The molecule has 0 unspecified atom stereocenters. The molecule has 6 heteroatoms. The van der Waals surface area contributed by atoms with Gasteiger partial charge in [0.15, 0.2) is 0 Å². The van der Waals surface area contributed by atoms with Crippen LogP contribution in [0, 0.1) is 19.1 Å². The smallest absolute Gasteiger partial charge is 0.290 e. The number of nitrogens with zero attached hydrogens (tertiary/aromatic N) is 4. The molecule has 0 saturated carbocycles. The van der Waals surface area contributed by atoms with Gasteiger partial charge in [0.1, 0.15) is 5.52 Å². The molecule has 0 aliphatic carbocycles. The van der Waals surface area contributed by atoms with E-state index in [2.05, 4.69) is 15.4 Å². The van der Waals surface area contributed by atoms with Gasteiger partial charge in [0.2, 0.25) is 0 Å². The molecule has 0 amide bonds. The summed E-state index contributed by atoms with van der Waals surface area (Å²) >= 11 is 0. The summed E-state index contributed by atoms with van der Waals surface area (Å²) < 4.78 is 0. The van der Waals surface area contributed by atoms with Crippen LogP contribution in [0.15, 0.2) is 12.1 Å². The molecule has 0 bridgehead atoms. The fraction of sp³-hybridized carbons (Fsp3) is 0.462. The number of benzene rings is 1. The Morgan fingerprint density at radius 1 is 1.32 bits per heavy atom. The highest BCUT2D eigenvalue weighted by Gasteiger charge is 2.13. The van der Waals surface area contributed by atoms with Gasteiger partial charge in [-0.2, -0.15) is 0 Å². The maximum atomic E-state index is 11.9. The van der Waals surface area contributed by atoms with E-state index >= 15 is 0 Å². The van der Waals surface area contributed by atoms with Gasteiger partial charge in [-0.3, -0.25) is 0 Å². The zero-order chi connectivity index (χ0) is 14.0. The lowest BCUT2D eigenvalue weighted by Gasteiger charge is -2.10. The summed E-state index contributed by atoms with van der Waals surface area (Å²) in [6.45, 7) is 5.44. The Labute approximate surface area is 112 Å². The summed E-state index contributed by atoms with van der Waals surface area (Å²) in [4.78, 5) is 7.09. The summed E-state index contributed by atoms with van der Waals surface area (Å²) in [6, 6.07) is 3.86. The number of fused-ring (bicyclic) bond motifs is 1. The van der Waals surface area contributed by atoms with E-state index in [-0.39, 0.29) is 0 Å². The third-order valence-electron chi connectivity index (χ3n) is 2.87. The van der Waals surface area contributed by atoms with Crippen molar-refractivity contribution in [1.29, 1.82) is 0 Å². The van der Waals surface area contributed by atoms with Gasteiger partial charge >= 0.3 is 0 Å². The zero-order valence-electron chi connectivity index (χ0n) is 11.8. The number of anilines is 1. The second-order valence-electron chi connectivity index (χ2n) is 4.99. The lowest BCUT2D eigenvalue weighted by Crippen LogP contribution is -2.35. The van der Waals surface area contributed by atoms with E-state index in [0.29, 0.717) is 28.4 Å². The quantitative estimate of drug-likeness (QED) is 0.653. The highest BCUT2D eigenvalue weighted by Crippen LogP contribution is 2.15. The van der Waals surface area contributed by atoms with Crippen LogP contribution < -0.4 is 10.2 Å². The van der Waals surface area contributed by atoms with Gasteiger partial charge < -0.3 is 15.4 Å².